The van der Waals surface area contributed by atoms with Crippen LogP contribution in [0.25, 0.3) is 0 Å². The van der Waals surface area contributed by atoms with Crippen molar-refractivity contribution < 1.29 is 9.53 Å². The lowest BCUT2D eigenvalue weighted by molar-refractivity contribution is -0.147. The lowest BCUT2D eigenvalue weighted by atomic mass is 9.95. The van der Waals surface area contributed by atoms with E-state index in [0.717, 1.165) is 5.56 Å². The molecule has 1 heterocycles. The van der Waals surface area contributed by atoms with Gasteiger partial charge in [-0.25, -0.2) is 5.43 Å². The molecule has 2 atom stereocenters. The zero-order valence-corrected chi connectivity index (χ0v) is 10.3. The van der Waals surface area contributed by atoms with Gasteiger partial charge in [0.2, 0.25) is 0 Å². The Labute approximate surface area is 105 Å². The number of hydrogen-bond acceptors (Lipinski definition) is 4. The van der Waals surface area contributed by atoms with Gasteiger partial charge >= 0.3 is 5.97 Å². The van der Waals surface area contributed by atoms with Crippen LogP contribution in [0.1, 0.15) is 18.5 Å². The minimum Gasteiger partial charge on any atom is -0.466 e. The second-order valence-corrected chi connectivity index (χ2v) is 4.35. The second-order valence-electron chi connectivity index (χ2n) is 3.92. The molecule has 1 aliphatic heterocycles. The highest BCUT2D eigenvalue weighted by atomic mass is 35.5. The molecule has 4 nitrogen and oxygen atoms in total. The van der Waals surface area contributed by atoms with Crippen LogP contribution in [0.15, 0.2) is 24.3 Å². The van der Waals surface area contributed by atoms with Gasteiger partial charge in [0.15, 0.2) is 0 Å². The van der Waals surface area contributed by atoms with E-state index in [2.05, 4.69) is 10.9 Å². The van der Waals surface area contributed by atoms with Crippen molar-refractivity contribution in [2.45, 2.75) is 13.0 Å². The molecule has 5 heteroatoms. The summed E-state index contributed by atoms with van der Waals surface area (Å²) in [6.45, 7) is 2.77. The van der Waals surface area contributed by atoms with E-state index in [0.29, 0.717) is 18.2 Å². The Morgan fingerprint density at radius 1 is 1.59 bits per heavy atom. The highest BCUT2D eigenvalue weighted by molar-refractivity contribution is 6.30. The van der Waals surface area contributed by atoms with Gasteiger partial charge in [0.25, 0.3) is 0 Å². The molecule has 17 heavy (non-hydrogen) atoms. The zero-order chi connectivity index (χ0) is 12.3. The Morgan fingerprint density at radius 2 is 2.41 bits per heavy atom. The van der Waals surface area contributed by atoms with E-state index >= 15 is 0 Å². The molecule has 0 aromatic heterocycles. The lowest BCUT2D eigenvalue weighted by Gasteiger charge is -2.17. The maximum atomic E-state index is 11.8. The van der Waals surface area contributed by atoms with Crippen LogP contribution in [0, 0.1) is 5.92 Å². The largest absolute Gasteiger partial charge is 0.466 e. The number of carbonyl (C=O) groups excluding carboxylic acids is 1. The van der Waals surface area contributed by atoms with Crippen molar-refractivity contribution in [1.82, 2.24) is 10.9 Å². The fourth-order valence-corrected chi connectivity index (χ4v) is 2.18. The van der Waals surface area contributed by atoms with E-state index in [9.17, 15) is 4.79 Å². The van der Waals surface area contributed by atoms with E-state index in [1.807, 2.05) is 31.2 Å². The molecule has 2 unspecified atom stereocenters. The summed E-state index contributed by atoms with van der Waals surface area (Å²) in [5, 5.41) is 0.666. The summed E-state index contributed by atoms with van der Waals surface area (Å²) in [6, 6.07) is 7.40. The molecule has 1 fully saturated rings. The minimum atomic E-state index is -0.214. The van der Waals surface area contributed by atoms with Crippen LogP contribution in [-0.4, -0.2) is 19.1 Å². The number of benzene rings is 1. The number of carbonyl (C=O) groups is 1. The van der Waals surface area contributed by atoms with Gasteiger partial charge in [-0.15, -0.1) is 0 Å². The first-order valence-corrected chi connectivity index (χ1v) is 6.00. The van der Waals surface area contributed by atoms with Crippen LogP contribution in [0.3, 0.4) is 0 Å². The van der Waals surface area contributed by atoms with Crippen LogP contribution in [0.5, 0.6) is 0 Å². The number of hydrazine groups is 1. The van der Waals surface area contributed by atoms with Crippen molar-refractivity contribution in [3.63, 3.8) is 0 Å². The number of halogens is 1. The highest BCUT2D eigenvalue weighted by Crippen LogP contribution is 2.27. The van der Waals surface area contributed by atoms with E-state index in [-0.39, 0.29) is 17.9 Å². The first-order valence-electron chi connectivity index (χ1n) is 5.63. The normalized spacial score (nSPS) is 23.6. The minimum absolute atomic E-state index is 0.0900. The summed E-state index contributed by atoms with van der Waals surface area (Å²) < 4.78 is 5.06. The molecule has 2 N–H and O–H groups in total. The van der Waals surface area contributed by atoms with Crippen LogP contribution >= 0.6 is 11.6 Å². The smallest absolute Gasteiger partial charge is 0.312 e. The van der Waals surface area contributed by atoms with Crippen molar-refractivity contribution in [1.29, 1.82) is 0 Å². The van der Waals surface area contributed by atoms with Gasteiger partial charge in [-0.3, -0.25) is 10.2 Å². The van der Waals surface area contributed by atoms with Crippen molar-refractivity contribution in [3.8, 4) is 0 Å². The molecular weight excluding hydrogens is 240 g/mol. The van der Waals surface area contributed by atoms with Crippen molar-refractivity contribution >= 4 is 17.6 Å². The van der Waals surface area contributed by atoms with E-state index in [1.165, 1.54) is 0 Å². The van der Waals surface area contributed by atoms with Crippen LogP contribution in [0.2, 0.25) is 5.02 Å². The second kappa shape index (κ2) is 5.49. The van der Waals surface area contributed by atoms with E-state index in [4.69, 9.17) is 16.3 Å². The summed E-state index contributed by atoms with van der Waals surface area (Å²) in [4.78, 5) is 11.8. The summed E-state index contributed by atoms with van der Waals surface area (Å²) >= 11 is 5.95. The molecule has 1 aromatic carbocycles. The maximum absolute atomic E-state index is 11.8. The van der Waals surface area contributed by atoms with Gasteiger partial charge in [-0.05, 0) is 24.6 Å². The standard InChI is InChI=1S/C12H15ClN2O2/c1-2-17-12(16)10-7-14-15-11(10)8-4-3-5-9(13)6-8/h3-6,10-11,14-15H,2,7H2,1H3. The third-order valence-corrected chi connectivity index (χ3v) is 3.01. The first-order chi connectivity index (χ1) is 8.22. The lowest BCUT2D eigenvalue weighted by Crippen LogP contribution is -2.27. The SMILES string of the molecule is CCOC(=O)C1CNNC1c1cccc(Cl)c1. The zero-order valence-electron chi connectivity index (χ0n) is 9.57. The molecule has 1 aromatic rings. The molecule has 0 radical (unpaired) electrons. The van der Waals surface area contributed by atoms with Crippen LogP contribution in [0.4, 0.5) is 0 Å². The third kappa shape index (κ3) is 2.77. The Balaban J connectivity index is 2.17. The average molecular weight is 255 g/mol. The monoisotopic (exact) mass is 254 g/mol. The number of hydrogen-bond donors (Lipinski definition) is 2. The molecule has 2 rings (SSSR count). The van der Waals surface area contributed by atoms with Gasteiger partial charge in [0.1, 0.15) is 0 Å². The molecular formula is C12H15ClN2O2. The average Bonchev–Trinajstić information content (AvgIpc) is 2.78. The van der Waals surface area contributed by atoms with E-state index < -0.39 is 0 Å². The summed E-state index contributed by atoms with van der Waals surface area (Å²) in [5.74, 6) is -0.400. The van der Waals surface area contributed by atoms with E-state index in [1.54, 1.807) is 0 Å². The quantitative estimate of drug-likeness (QED) is 0.806. The predicted molar refractivity (Wildman–Crippen MR) is 65.5 cm³/mol. The molecule has 0 aliphatic carbocycles. The van der Waals surface area contributed by atoms with Crippen LogP contribution in [-0.2, 0) is 9.53 Å². The molecule has 0 saturated carbocycles. The van der Waals surface area contributed by atoms with Gasteiger partial charge < -0.3 is 4.74 Å². The summed E-state index contributed by atoms with van der Waals surface area (Å²) in [6.07, 6.45) is 0. The maximum Gasteiger partial charge on any atom is 0.312 e. The fourth-order valence-electron chi connectivity index (χ4n) is 1.98. The Morgan fingerprint density at radius 3 is 3.12 bits per heavy atom. The fraction of sp³-hybridized carbons (Fsp3) is 0.417. The molecule has 0 bridgehead atoms. The van der Waals surface area contributed by atoms with Crippen molar-refractivity contribution in [2.24, 2.45) is 5.92 Å². The first kappa shape index (κ1) is 12.4. The Hall–Kier alpha value is -1.10. The topological polar surface area (TPSA) is 50.4 Å². The summed E-state index contributed by atoms with van der Waals surface area (Å²) in [7, 11) is 0. The van der Waals surface area contributed by atoms with Gasteiger partial charge in [0.05, 0.1) is 18.6 Å². The number of ether oxygens (including phenoxy) is 1. The van der Waals surface area contributed by atoms with Gasteiger partial charge in [-0.1, -0.05) is 23.7 Å². The predicted octanol–water partition coefficient (Wildman–Crippen LogP) is 1.67. The Kier molecular flexibility index (Phi) is 3.99. The third-order valence-electron chi connectivity index (χ3n) is 2.78. The number of esters is 1. The molecule has 1 saturated heterocycles. The molecule has 92 valence electrons. The van der Waals surface area contributed by atoms with Crippen molar-refractivity contribution in [3.05, 3.63) is 34.9 Å². The van der Waals surface area contributed by atoms with Crippen molar-refractivity contribution in [2.75, 3.05) is 13.2 Å². The van der Waals surface area contributed by atoms with Gasteiger partial charge in [-0.2, -0.15) is 0 Å². The number of rotatable bonds is 3. The molecule has 1 aliphatic rings. The molecule has 0 amide bonds. The van der Waals surface area contributed by atoms with Crippen LogP contribution < -0.4 is 10.9 Å². The summed E-state index contributed by atoms with van der Waals surface area (Å²) in [5.41, 5.74) is 7.05. The highest BCUT2D eigenvalue weighted by Gasteiger charge is 2.34. The molecule has 0 spiro atoms. The Bertz CT molecular complexity index is 411. The number of nitrogens with one attached hydrogen (secondary N) is 2. The van der Waals surface area contributed by atoms with Gasteiger partial charge in [0, 0.05) is 11.6 Å².